The molecule has 0 heterocycles. The quantitative estimate of drug-likeness (QED) is 0.518. The Labute approximate surface area is 83.7 Å². The van der Waals surface area contributed by atoms with Crippen LogP contribution in [0.25, 0.3) is 0 Å². The first-order chi connectivity index (χ1) is 5.55. The van der Waals surface area contributed by atoms with E-state index in [0.29, 0.717) is 0 Å². The first-order valence-corrected chi connectivity index (χ1v) is 4.93. The Bertz CT molecular complexity index is 215. The lowest BCUT2D eigenvalue weighted by atomic mass is 9.81. The highest BCUT2D eigenvalue weighted by Crippen LogP contribution is 2.30. The number of rotatable bonds is 1. The van der Waals surface area contributed by atoms with Crippen molar-refractivity contribution in [3.05, 3.63) is 23.8 Å². The normalized spacial score (nSPS) is 14.5. The van der Waals surface area contributed by atoms with Gasteiger partial charge in [0.05, 0.1) is 0 Å². The second-order valence-electron chi connectivity index (χ2n) is 5.85. The zero-order valence-electron chi connectivity index (χ0n) is 10.3. The molecule has 0 fully saturated rings. The van der Waals surface area contributed by atoms with Crippen molar-refractivity contribution in [2.24, 2.45) is 10.8 Å². The van der Waals surface area contributed by atoms with E-state index in [0.717, 1.165) is 0 Å². The molecule has 0 unspecified atom stereocenters. The molecule has 13 heavy (non-hydrogen) atoms. The van der Waals surface area contributed by atoms with Crippen LogP contribution in [-0.2, 0) is 0 Å². The van der Waals surface area contributed by atoms with Gasteiger partial charge in [-0.1, -0.05) is 59.8 Å². The van der Waals surface area contributed by atoms with Crippen LogP contribution in [-0.4, -0.2) is 0 Å². The van der Waals surface area contributed by atoms with E-state index < -0.39 is 0 Å². The standard InChI is InChI=1S/C13H24/c1-10(12(3,4)5)9-11(2)13(6,7)8/h9H,1H2,2-8H3/b11-9-. The molecule has 0 atom stereocenters. The van der Waals surface area contributed by atoms with Crippen LogP contribution in [0.3, 0.4) is 0 Å². The van der Waals surface area contributed by atoms with Gasteiger partial charge in [0.15, 0.2) is 0 Å². The van der Waals surface area contributed by atoms with Crippen molar-refractivity contribution >= 4 is 0 Å². The van der Waals surface area contributed by atoms with Gasteiger partial charge in [-0.25, -0.2) is 0 Å². The highest BCUT2D eigenvalue weighted by molar-refractivity contribution is 5.27. The summed E-state index contributed by atoms with van der Waals surface area (Å²) in [5, 5.41) is 0. The van der Waals surface area contributed by atoms with Gasteiger partial charge >= 0.3 is 0 Å². The molecule has 0 aliphatic heterocycles. The Balaban J connectivity index is 4.70. The third kappa shape index (κ3) is 4.31. The maximum Gasteiger partial charge on any atom is -0.0138 e. The number of hydrogen-bond donors (Lipinski definition) is 0. The minimum Gasteiger partial charge on any atom is -0.0953 e. The molecule has 0 heteroatoms. The zero-order chi connectivity index (χ0) is 10.9. The molecular weight excluding hydrogens is 156 g/mol. The Morgan fingerprint density at radius 1 is 0.923 bits per heavy atom. The lowest BCUT2D eigenvalue weighted by molar-refractivity contribution is 0.490. The second-order valence-corrected chi connectivity index (χ2v) is 5.85. The molecule has 76 valence electrons. The molecule has 0 saturated heterocycles. The summed E-state index contributed by atoms with van der Waals surface area (Å²) in [5.74, 6) is 0. The van der Waals surface area contributed by atoms with Crippen molar-refractivity contribution < 1.29 is 0 Å². The van der Waals surface area contributed by atoms with Crippen LogP contribution in [0.4, 0.5) is 0 Å². The molecule has 0 aliphatic rings. The van der Waals surface area contributed by atoms with Crippen LogP contribution < -0.4 is 0 Å². The van der Waals surface area contributed by atoms with E-state index in [1.54, 1.807) is 0 Å². The first kappa shape index (κ1) is 12.5. The molecule has 0 spiro atoms. The average molecular weight is 180 g/mol. The fourth-order valence-electron chi connectivity index (χ4n) is 0.694. The Kier molecular flexibility index (Phi) is 3.54. The summed E-state index contributed by atoms with van der Waals surface area (Å²) >= 11 is 0. The van der Waals surface area contributed by atoms with E-state index in [2.05, 4.69) is 61.1 Å². The molecule has 0 amide bonds. The first-order valence-electron chi connectivity index (χ1n) is 4.93. The van der Waals surface area contributed by atoms with E-state index in [4.69, 9.17) is 0 Å². The summed E-state index contributed by atoms with van der Waals surface area (Å²) in [5.41, 5.74) is 3.05. The monoisotopic (exact) mass is 180 g/mol. The summed E-state index contributed by atoms with van der Waals surface area (Å²) in [6, 6.07) is 0. The lowest BCUT2D eigenvalue weighted by Gasteiger charge is -2.24. The molecule has 0 N–H and O–H groups in total. The van der Waals surface area contributed by atoms with Gasteiger partial charge in [-0.3, -0.25) is 0 Å². The van der Waals surface area contributed by atoms with Gasteiger partial charge in [0, 0.05) is 0 Å². The fourth-order valence-corrected chi connectivity index (χ4v) is 0.694. The van der Waals surface area contributed by atoms with E-state index >= 15 is 0 Å². The Morgan fingerprint density at radius 3 is 1.54 bits per heavy atom. The van der Waals surface area contributed by atoms with Gasteiger partial charge in [-0.15, -0.1) is 0 Å². The minimum atomic E-state index is 0.187. The highest BCUT2D eigenvalue weighted by Gasteiger charge is 2.17. The molecule has 0 radical (unpaired) electrons. The van der Waals surface area contributed by atoms with Gasteiger partial charge in [0.25, 0.3) is 0 Å². The molecule has 0 aromatic rings. The molecule has 0 saturated carbocycles. The molecule has 0 aromatic heterocycles. The largest absolute Gasteiger partial charge is 0.0953 e. The van der Waals surface area contributed by atoms with Gasteiger partial charge in [-0.05, 0) is 23.3 Å². The minimum absolute atomic E-state index is 0.187. The summed E-state index contributed by atoms with van der Waals surface area (Å²) in [7, 11) is 0. The predicted molar refractivity (Wildman–Crippen MR) is 61.8 cm³/mol. The average Bonchev–Trinajstić information content (AvgIpc) is 1.82. The van der Waals surface area contributed by atoms with Crippen molar-refractivity contribution in [1.29, 1.82) is 0 Å². The SMILES string of the molecule is C=C(/C=C(/C)C(C)(C)C)C(C)(C)C. The number of hydrogen-bond acceptors (Lipinski definition) is 0. The third-order valence-electron chi connectivity index (χ3n) is 2.54. The molecule has 0 nitrogen and oxygen atoms in total. The summed E-state index contributed by atoms with van der Waals surface area (Å²) in [6.07, 6.45) is 2.22. The zero-order valence-corrected chi connectivity index (χ0v) is 10.3. The molecule has 0 bridgehead atoms. The van der Waals surface area contributed by atoms with Gasteiger partial charge in [-0.2, -0.15) is 0 Å². The number of allylic oxidation sites excluding steroid dienone is 3. The van der Waals surface area contributed by atoms with E-state index in [1.807, 2.05) is 0 Å². The van der Waals surface area contributed by atoms with Gasteiger partial charge in [0.2, 0.25) is 0 Å². The Morgan fingerprint density at radius 2 is 1.31 bits per heavy atom. The summed E-state index contributed by atoms with van der Waals surface area (Å²) in [6.45, 7) is 19.6. The van der Waals surface area contributed by atoms with E-state index in [9.17, 15) is 0 Å². The third-order valence-corrected chi connectivity index (χ3v) is 2.54. The predicted octanol–water partition coefficient (Wildman–Crippen LogP) is 4.58. The molecule has 0 aromatic carbocycles. The van der Waals surface area contributed by atoms with Crippen LogP contribution in [0.5, 0.6) is 0 Å². The second kappa shape index (κ2) is 3.69. The van der Waals surface area contributed by atoms with Crippen LogP contribution in [0.1, 0.15) is 48.5 Å². The smallest absolute Gasteiger partial charge is 0.0138 e. The maximum absolute atomic E-state index is 4.10. The van der Waals surface area contributed by atoms with Crippen molar-refractivity contribution in [3.8, 4) is 0 Å². The van der Waals surface area contributed by atoms with Crippen molar-refractivity contribution in [3.63, 3.8) is 0 Å². The van der Waals surface area contributed by atoms with E-state index in [-0.39, 0.29) is 10.8 Å². The fraction of sp³-hybridized carbons (Fsp3) is 0.692. The van der Waals surface area contributed by atoms with Crippen LogP contribution in [0.2, 0.25) is 0 Å². The highest BCUT2D eigenvalue weighted by atomic mass is 14.2. The van der Waals surface area contributed by atoms with Crippen molar-refractivity contribution in [2.45, 2.75) is 48.5 Å². The lowest BCUT2D eigenvalue weighted by Crippen LogP contribution is -2.11. The molecule has 0 aliphatic carbocycles. The van der Waals surface area contributed by atoms with Crippen molar-refractivity contribution in [2.75, 3.05) is 0 Å². The topological polar surface area (TPSA) is 0 Å². The van der Waals surface area contributed by atoms with Crippen LogP contribution >= 0.6 is 0 Å². The summed E-state index contributed by atoms with van der Waals surface area (Å²) in [4.78, 5) is 0. The van der Waals surface area contributed by atoms with Crippen LogP contribution in [0, 0.1) is 10.8 Å². The van der Waals surface area contributed by atoms with E-state index in [1.165, 1.54) is 11.1 Å². The Hall–Kier alpha value is -0.520. The maximum atomic E-state index is 4.10. The summed E-state index contributed by atoms with van der Waals surface area (Å²) < 4.78 is 0. The van der Waals surface area contributed by atoms with Crippen molar-refractivity contribution in [1.82, 2.24) is 0 Å². The van der Waals surface area contributed by atoms with Gasteiger partial charge < -0.3 is 0 Å². The van der Waals surface area contributed by atoms with Crippen LogP contribution in [0.15, 0.2) is 23.8 Å². The molecular formula is C13H24. The molecule has 0 rings (SSSR count). The van der Waals surface area contributed by atoms with Gasteiger partial charge in [0.1, 0.15) is 0 Å².